The van der Waals surface area contributed by atoms with Crippen LogP contribution in [0.4, 0.5) is 0 Å². The normalized spacial score (nSPS) is 12.1. The molecule has 3 heterocycles. The third-order valence-electron chi connectivity index (χ3n) is 5.10. The zero-order valence-electron chi connectivity index (χ0n) is 16.6. The summed E-state index contributed by atoms with van der Waals surface area (Å²) in [7, 11) is 2.93. The number of hydrogen-bond acceptors (Lipinski definition) is 6. The number of pyridine rings is 1. The molecule has 1 aromatic carbocycles. The highest BCUT2D eigenvalue weighted by molar-refractivity contribution is 5.95. The van der Waals surface area contributed by atoms with Crippen LogP contribution < -0.4 is 10.3 Å². The van der Waals surface area contributed by atoms with E-state index in [4.69, 9.17) is 13.9 Å². The van der Waals surface area contributed by atoms with Gasteiger partial charge in [0.05, 0.1) is 26.0 Å². The molecule has 1 N–H and O–H groups in total. The standard InChI is InChI=1S/C22H21N3O5/c1-28-18-7-4-3-6-14(18)15(19-8-5-11-30-19)9-10-25-12-16-20(23-24-21(16)26)17(13-25)22(27)29-2/h3-8,11-13,15H,9-10H2,1-2H3,(H,24,26). The number of ether oxygens (including phenoxy) is 2. The minimum atomic E-state index is -0.548. The van der Waals surface area contributed by atoms with Crippen molar-refractivity contribution in [3.05, 3.63) is 82.3 Å². The fourth-order valence-corrected chi connectivity index (χ4v) is 3.65. The fraction of sp³-hybridized carbons (Fsp3) is 0.227. The number of carbonyl (C=O) groups is 1. The summed E-state index contributed by atoms with van der Waals surface area (Å²) >= 11 is 0. The van der Waals surface area contributed by atoms with E-state index in [-0.39, 0.29) is 17.0 Å². The van der Waals surface area contributed by atoms with Gasteiger partial charge in [-0.05, 0) is 24.6 Å². The fourth-order valence-electron chi connectivity index (χ4n) is 3.65. The Labute approximate surface area is 172 Å². The lowest BCUT2D eigenvalue weighted by Gasteiger charge is -2.19. The number of carbonyl (C=O) groups excluding carboxylic acids is 1. The second kappa shape index (κ2) is 8.28. The number of nitrogens with one attached hydrogen (secondary N) is 1. The molecule has 4 rings (SSSR count). The number of fused-ring (bicyclic) bond motifs is 1. The lowest BCUT2D eigenvalue weighted by atomic mass is 9.92. The second-order valence-electron chi connectivity index (χ2n) is 6.81. The van der Waals surface area contributed by atoms with Crippen molar-refractivity contribution >= 4 is 5.97 Å². The largest absolute Gasteiger partial charge is 0.496 e. The number of methoxy groups -OCH3 is 2. The predicted molar refractivity (Wildman–Crippen MR) is 109 cm³/mol. The molecule has 1 unspecified atom stereocenters. The number of aryl methyl sites for hydroxylation is 1. The van der Waals surface area contributed by atoms with Crippen molar-refractivity contribution in [2.75, 3.05) is 14.2 Å². The molecule has 2 aromatic rings. The number of hydrogen-bond donors (Lipinski definition) is 1. The van der Waals surface area contributed by atoms with Crippen molar-refractivity contribution in [3.63, 3.8) is 0 Å². The number of benzene rings is 1. The molecular formula is C22H21N3O5. The maximum absolute atomic E-state index is 12.2. The summed E-state index contributed by atoms with van der Waals surface area (Å²) in [6, 6.07) is 11.6. The van der Waals surface area contributed by atoms with E-state index in [0.29, 0.717) is 24.2 Å². The number of rotatable bonds is 7. The molecule has 0 saturated heterocycles. The molecule has 30 heavy (non-hydrogen) atoms. The van der Waals surface area contributed by atoms with Gasteiger partial charge in [0.25, 0.3) is 5.56 Å². The van der Waals surface area contributed by atoms with Crippen LogP contribution in [0.2, 0.25) is 0 Å². The monoisotopic (exact) mass is 407 g/mol. The summed E-state index contributed by atoms with van der Waals surface area (Å²) in [5, 5.41) is 6.34. The van der Waals surface area contributed by atoms with Crippen LogP contribution >= 0.6 is 0 Å². The van der Waals surface area contributed by atoms with Crippen LogP contribution in [-0.2, 0) is 11.3 Å². The Kier molecular flexibility index (Phi) is 5.38. The Morgan fingerprint density at radius 2 is 2.03 bits per heavy atom. The van der Waals surface area contributed by atoms with Gasteiger partial charge in [0, 0.05) is 30.4 Å². The molecule has 8 heteroatoms. The first kappa shape index (κ1) is 19.5. The Hall–Kier alpha value is -3.81. The number of aromatic nitrogens is 3. The average molecular weight is 407 g/mol. The number of para-hydroxylation sites is 1. The van der Waals surface area contributed by atoms with Gasteiger partial charge in [0.15, 0.2) is 0 Å². The number of esters is 1. The zero-order valence-corrected chi connectivity index (χ0v) is 16.6. The van der Waals surface area contributed by atoms with E-state index in [1.54, 1.807) is 30.3 Å². The zero-order chi connectivity index (χ0) is 21.1. The van der Waals surface area contributed by atoms with Gasteiger partial charge >= 0.3 is 5.97 Å². The smallest absolute Gasteiger partial charge is 0.341 e. The van der Waals surface area contributed by atoms with E-state index >= 15 is 0 Å². The van der Waals surface area contributed by atoms with Gasteiger partial charge in [-0.15, -0.1) is 0 Å². The van der Waals surface area contributed by atoms with Gasteiger partial charge in [0.1, 0.15) is 22.8 Å². The minimum absolute atomic E-state index is 0.0722. The predicted octanol–water partition coefficient (Wildman–Crippen LogP) is 3.29. The molecule has 0 radical (unpaired) electrons. The van der Waals surface area contributed by atoms with E-state index in [0.717, 1.165) is 17.1 Å². The number of furan rings is 1. The van der Waals surface area contributed by atoms with Gasteiger partial charge in [-0.2, -0.15) is 5.10 Å². The summed E-state index contributed by atoms with van der Waals surface area (Å²) in [5.74, 6) is 0.957. The molecular weight excluding hydrogens is 386 g/mol. The number of aromatic amines is 1. The van der Waals surface area contributed by atoms with Crippen molar-refractivity contribution in [3.8, 4) is 17.0 Å². The Morgan fingerprint density at radius 1 is 1.20 bits per heavy atom. The van der Waals surface area contributed by atoms with E-state index in [9.17, 15) is 9.59 Å². The van der Waals surface area contributed by atoms with Crippen LogP contribution in [0, 0.1) is 0 Å². The molecule has 0 saturated carbocycles. The highest BCUT2D eigenvalue weighted by Gasteiger charge is 2.24. The van der Waals surface area contributed by atoms with Crippen LogP contribution in [0.5, 0.6) is 5.75 Å². The average Bonchev–Trinajstić information content (AvgIpc) is 3.44. The van der Waals surface area contributed by atoms with E-state index in [2.05, 4.69) is 10.2 Å². The molecule has 0 aliphatic carbocycles. The highest BCUT2D eigenvalue weighted by atomic mass is 16.5. The van der Waals surface area contributed by atoms with Gasteiger partial charge in [-0.1, -0.05) is 18.2 Å². The number of nitrogens with zero attached hydrogens (tertiary/aromatic N) is 2. The van der Waals surface area contributed by atoms with Crippen molar-refractivity contribution in [1.82, 2.24) is 14.8 Å². The molecule has 1 aromatic heterocycles. The van der Waals surface area contributed by atoms with E-state index in [1.807, 2.05) is 36.4 Å². The summed E-state index contributed by atoms with van der Waals surface area (Å²) in [5.41, 5.74) is 1.52. The molecule has 0 spiro atoms. The number of H-pyrrole nitrogens is 1. The molecule has 1 atom stereocenters. The molecule has 0 bridgehead atoms. The molecule has 2 aliphatic heterocycles. The maximum Gasteiger partial charge on any atom is 0.341 e. The summed E-state index contributed by atoms with van der Waals surface area (Å²) < 4.78 is 17.9. The van der Waals surface area contributed by atoms with E-state index in [1.165, 1.54) is 7.11 Å². The maximum atomic E-state index is 12.2. The highest BCUT2D eigenvalue weighted by Crippen LogP contribution is 2.35. The van der Waals surface area contributed by atoms with Crippen LogP contribution in [0.1, 0.15) is 34.0 Å². The van der Waals surface area contributed by atoms with Gasteiger partial charge in [-0.3, -0.25) is 4.79 Å². The Morgan fingerprint density at radius 3 is 2.77 bits per heavy atom. The van der Waals surface area contributed by atoms with Crippen molar-refractivity contribution in [2.45, 2.75) is 18.9 Å². The van der Waals surface area contributed by atoms with Gasteiger partial charge in [0.2, 0.25) is 0 Å². The van der Waals surface area contributed by atoms with Gasteiger partial charge < -0.3 is 18.5 Å². The van der Waals surface area contributed by atoms with Crippen molar-refractivity contribution in [1.29, 1.82) is 0 Å². The van der Waals surface area contributed by atoms with E-state index < -0.39 is 5.97 Å². The summed E-state index contributed by atoms with van der Waals surface area (Å²) in [6.07, 6.45) is 5.63. The Bertz CT molecular complexity index is 1180. The molecule has 2 aliphatic rings. The minimum Gasteiger partial charge on any atom is -0.496 e. The third kappa shape index (κ3) is 3.59. The first-order valence-corrected chi connectivity index (χ1v) is 9.45. The Balaban J connectivity index is 1.70. The van der Waals surface area contributed by atoms with Crippen LogP contribution in [0.3, 0.4) is 0 Å². The van der Waals surface area contributed by atoms with Crippen LogP contribution in [0.15, 0.2) is 64.3 Å². The molecule has 0 amide bonds. The van der Waals surface area contributed by atoms with Crippen molar-refractivity contribution in [2.24, 2.45) is 0 Å². The lowest BCUT2D eigenvalue weighted by Crippen LogP contribution is -2.13. The third-order valence-corrected chi connectivity index (χ3v) is 5.10. The van der Waals surface area contributed by atoms with Crippen LogP contribution in [-0.4, -0.2) is 35.0 Å². The summed E-state index contributed by atoms with van der Waals surface area (Å²) in [6.45, 7) is 0.522. The quantitative estimate of drug-likeness (QED) is 0.472. The topological polar surface area (TPSA) is 99.4 Å². The summed E-state index contributed by atoms with van der Waals surface area (Å²) in [4.78, 5) is 24.3. The first-order valence-electron chi connectivity index (χ1n) is 9.45. The first-order chi connectivity index (χ1) is 14.6. The van der Waals surface area contributed by atoms with Crippen LogP contribution in [0.25, 0.3) is 11.3 Å². The lowest BCUT2D eigenvalue weighted by molar-refractivity contribution is 0.0600. The molecule has 154 valence electrons. The SMILES string of the molecule is COC(=O)c1cn(CCC(c2ccco2)c2ccccc2OC)cc2c(=O)[nH]nc1-2. The second-order valence-corrected chi connectivity index (χ2v) is 6.81. The molecule has 0 fully saturated rings. The van der Waals surface area contributed by atoms with Crippen molar-refractivity contribution < 1.29 is 18.7 Å². The van der Waals surface area contributed by atoms with Gasteiger partial charge in [-0.25, -0.2) is 9.89 Å². The molecule has 8 nitrogen and oxygen atoms in total.